The molecule has 2 aromatic carbocycles. The van der Waals surface area contributed by atoms with Crippen LogP contribution in [0, 0.1) is 5.82 Å². The Hall–Kier alpha value is -3.72. The number of benzene rings is 2. The number of carboxylic acid groups (broad SMARTS) is 1. The van der Waals surface area contributed by atoms with E-state index in [9.17, 15) is 24.2 Å². The zero-order chi connectivity index (χ0) is 24.8. The second-order valence-corrected chi connectivity index (χ2v) is 9.22. The molecule has 1 unspecified atom stereocenters. The molecule has 2 amide bonds. The molecule has 9 heteroatoms. The molecule has 0 radical (unpaired) electrons. The largest absolute Gasteiger partial charge is 0.465 e. The van der Waals surface area contributed by atoms with E-state index in [0.717, 1.165) is 5.56 Å². The molecule has 178 valence electrons. The summed E-state index contributed by atoms with van der Waals surface area (Å²) in [4.78, 5) is 27.9. The number of halogens is 1. The van der Waals surface area contributed by atoms with Gasteiger partial charge in [0.1, 0.15) is 5.82 Å². The summed E-state index contributed by atoms with van der Waals surface area (Å²) in [5, 5.41) is 24.6. The molecular formula is C25H27FN4O4. The van der Waals surface area contributed by atoms with E-state index in [-0.39, 0.29) is 5.91 Å². The Bertz CT molecular complexity index is 1230. The Labute approximate surface area is 196 Å². The van der Waals surface area contributed by atoms with Crippen LogP contribution in [0.15, 0.2) is 54.9 Å². The second-order valence-electron chi connectivity index (χ2n) is 9.22. The van der Waals surface area contributed by atoms with Crippen LogP contribution in [0.25, 0.3) is 11.1 Å². The minimum Gasteiger partial charge on any atom is -0.465 e. The van der Waals surface area contributed by atoms with E-state index in [1.165, 1.54) is 24.0 Å². The molecule has 0 aliphatic carbocycles. The third-order valence-corrected chi connectivity index (χ3v) is 5.91. The van der Waals surface area contributed by atoms with Crippen LogP contribution >= 0.6 is 0 Å². The lowest BCUT2D eigenvalue weighted by molar-refractivity contribution is -0.117. The summed E-state index contributed by atoms with van der Waals surface area (Å²) in [5.74, 6) is -0.653. The molecule has 8 nitrogen and oxygen atoms in total. The smallest absolute Gasteiger partial charge is 0.412 e. The van der Waals surface area contributed by atoms with Crippen LogP contribution in [0.3, 0.4) is 0 Å². The van der Waals surface area contributed by atoms with Gasteiger partial charge in [0, 0.05) is 18.7 Å². The third kappa shape index (κ3) is 4.38. The molecule has 2 N–H and O–H groups in total. The Morgan fingerprint density at radius 2 is 1.74 bits per heavy atom. The highest BCUT2D eigenvalue weighted by Crippen LogP contribution is 2.46. The number of aliphatic hydroxyl groups is 1. The fourth-order valence-corrected chi connectivity index (χ4v) is 4.59. The monoisotopic (exact) mass is 466 g/mol. The number of nitrogens with zero attached hydrogens (tertiary/aromatic N) is 4. The van der Waals surface area contributed by atoms with Crippen LogP contribution in [0.5, 0.6) is 0 Å². The van der Waals surface area contributed by atoms with Gasteiger partial charge in [0.05, 0.1) is 41.8 Å². The second kappa shape index (κ2) is 8.57. The molecule has 0 bridgehead atoms. The molecule has 0 saturated heterocycles. The van der Waals surface area contributed by atoms with Crippen molar-refractivity contribution in [1.29, 1.82) is 0 Å². The van der Waals surface area contributed by atoms with Gasteiger partial charge in [-0.1, -0.05) is 18.2 Å². The van der Waals surface area contributed by atoms with Crippen LogP contribution in [-0.4, -0.2) is 43.6 Å². The first-order valence-corrected chi connectivity index (χ1v) is 10.9. The summed E-state index contributed by atoms with van der Waals surface area (Å²) in [6.45, 7) is 6.88. The van der Waals surface area contributed by atoms with Crippen molar-refractivity contribution in [3.05, 3.63) is 66.2 Å². The standard InChI is InChI=1S/C25H27FN4O4/c1-15-23(17-5-8-20(26)9-6-17)30(24(32)33)22-11-18(7-10-21(22)29(15)16(2)31)19-12-27-28(13-19)14-25(3,4)34/h5-13,15,23,34H,14H2,1-4H3,(H,32,33)/t15-,23?/m0/s1. The van der Waals surface area contributed by atoms with Gasteiger partial charge in [0.2, 0.25) is 5.91 Å². The van der Waals surface area contributed by atoms with E-state index in [0.29, 0.717) is 29.0 Å². The zero-order valence-electron chi connectivity index (χ0n) is 19.4. The van der Waals surface area contributed by atoms with E-state index in [1.54, 1.807) is 67.0 Å². The van der Waals surface area contributed by atoms with Gasteiger partial charge in [-0.3, -0.25) is 14.4 Å². The quantitative estimate of drug-likeness (QED) is 0.592. The average Bonchev–Trinajstić information content (AvgIpc) is 3.19. The van der Waals surface area contributed by atoms with E-state index >= 15 is 0 Å². The van der Waals surface area contributed by atoms with Gasteiger partial charge in [-0.15, -0.1) is 0 Å². The first-order chi connectivity index (χ1) is 16.0. The molecule has 2 atom stereocenters. The van der Waals surface area contributed by atoms with Crippen LogP contribution in [0.1, 0.15) is 39.3 Å². The zero-order valence-corrected chi connectivity index (χ0v) is 19.4. The number of carbonyl (C=O) groups excluding carboxylic acids is 1. The molecule has 2 heterocycles. The van der Waals surface area contributed by atoms with Crippen molar-refractivity contribution >= 4 is 23.4 Å². The van der Waals surface area contributed by atoms with Crippen LogP contribution in [0.2, 0.25) is 0 Å². The number of rotatable bonds is 4. The van der Waals surface area contributed by atoms with Crippen molar-refractivity contribution in [2.45, 2.75) is 51.9 Å². The predicted molar refractivity (Wildman–Crippen MR) is 126 cm³/mol. The van der Waals surface area contributed by atoms with E-state index in [4.69, 9.17) is 0 Å². The molecule has 1 aromatic heterocycles. The lowest BCUT2D eigenvalue weighted by Gasteiger charge is -2.46. The summed E-state index contributed by atoms with van der Waals surface area (Å²) in [6.07, 6.45) is 2.24. The third-order valence-electron chi connectivity index (χ3n) is 5.91. The Balaban J connectivity index is 1.84. The maximum absolute atomic E-state index is 13.6. The summed E-state index contributed by atoms with van der Waals surface area (Å²) in [5.41, 5.74) is 1.92. The fourth-order valence-electron chi connectivity index (χ4n) is 4.59. The van der Waals surface area contributed by atoms with Crippen LogP contribution < -0.4 is 9.80 Å². The van der Waals surface area contributed by atoms with Crippen LogP contribution in [-0.2, 0) is 11.3 Å². The highest BCUT2D eigenvalue weighted by atomic mass is 19.1. The number of hydrogen-bond donors (Lipinski definition) is 2. The lowest BCUT2D eigenvalue weighted by Crippen LogP contribution is -2.53. The molecular weight excluding hydrogens is 439 g/mol. The van der Waals surface area contributed by atoms with Crippen molar-refractivity contribution < 1.29 is 24.2 Å². The topological polar surface area (TPSA) is 98.9 Å². The average molecular weight is 467 g/mol. The molecule has 0 spiro atoms. The number of carbonyl (C=O) groups is 2. The van der Waals surface area contributed by atoms with Crippen molar-refractivity contribution in [2.75, 3.05) is 9.80 Å². The van der Waals surface area contributed by atoms with E-state index < -0.39 is 29.6 Å². The van der Waals surface area contributed by atoms with Crippen molar-refractivity contribution in [3.8, 4) is 11.1 Å². The van der Waals surface area contributed by atoms with Gasteiger partial charge in [-0.05, 0) is 56.2 Å². The molecule has 0 fully saturated rings. The van der Waals surface area contributed by atoms with E-state index in [1.807, 2.05) is 6.07 Å². The van der Waals surface area contributed by atoms with Crippen molar-refractivity contribution in [1.82, 2.24) is 9.78 Å². The summed E-state index contributed by atoms with van der Waals surface area (Å²) >= 11 is 0. The number of aromatic nitrogens is 2. The molecule has 4 rings (SSSR count). The number of fused-ring (bicyclic) bond motifs is 1. The number of amides is 2. The molecule has 1 aliphatic heterocycles. The number of hydrogen-bond acceptors (Lipinski definition) is 4. The van der Waals surface area contributed by atoms with Gasteiger partial charge in [-0.2, -0.15) is 5.10 Å². The first kappa shape index (κ1) is 23.4. The Morgan fingerprint density at radius 3 is 2.32 bits per heavy atom. The Morgan fingerprint density at radius 1 is 1.06 bits per heavy atom. The predicted octanol–water partition coefficient (Wildman–Crippen LogP) is 4.44. The highest BCUT2D eigenvalue weighted by molar-refractivity contribution is 6.03. The van der Waals surface area contributed by atoms with Gasteiger partial charge >= 0.3 is 6.09 Å². The van der Waals surface area contributed by atoms with Gasteiger partial charge in [0.25, 0.3) is 0 Å². The lowest BCUT2D eigenvalue weighted by atomic mass is 9.92. The molecule has 1 aliphatic rings. The maximum atomic E-state index is 13.6. The minimum absolute atomic E-state index is 0.225. The van der Waals surface area contributed by atoms with Crippen molar-refractivity contribution in [3.63, 3.8) is 0 Å². The minimum atomic E-state index is -1.18. The van der Waals surface area contributed by atoms with Gasteiger partial charge in [0.15, 0.2) is 0 Å². The van der Waals surface area contributed by atoms with Gasteiger partial charge in [-0.25, -0.2) is 9.18 Å². The SMILES string of the molecule is CC(=O)N1c2ccc(-c3cnn(CC(C)(C)O)c3)cc2N(C(=O)O)C(c2ccc(F)cc2)[C@@H]1C. The molecule has 34 heavy (non-hydrogen) atoms. The summed E-state index contributed by atoms with van der Waals surface area (Å²) in [6, 6.07) is 9.65. The maximum Gasteiger partial charge on any atom is 0.412 e. The first-order valence-electron chi connectivity index (χ1n) is 10.9. The van der Waals surface area contributed by atoms with Gasteiger partial charge < -0.3 is 15.1 Å². The highest BCUT2D eigenvalue weighted by Gasteiger charge is 2.42. The van der Waals surface area contributed by atoms with Crippen molar-refractivity contribution in [2.24, 2.45) is 0 Å². The number of anilines is 2. The molecule has 3 aromatic rings. The van der Waals surface area contributed by atoms with Crippen LogP contribution in [0.4, 0.5) is 20.6 Å². The molecule has 0 saturated carbocycles. The Kier molecular flexibility index (Phi) is 5.91. The summed E-state index contributed by atoms with van der Waals surface area (Å²) in [7, 11) is 0. The normalized spacial score (nSPS) is 18.1. The summed E-state index contributed by atoms with van der Waals surface area (Å²) < 4.78 is 15.2. The fraction of sp³-hybridized carbons (Fsp3) is 0.320. The van der Waals surface area contributed by atoms with E-state index in [2.05, 4.69) is 5.10 Å².